The second kappa shape index (κ2) is 11.6. The van der Waals surface area contributed by atoms with Crippen molar-refractivity contribution in [3.63, 3.8) is 0 Å². The second-order valence-corrected chi connectivity index (χ2v) is 10.3. The lowest BCUT2D eigenvalue weighted by Gasteiger charge is -2.35. The van der Waals surface area contributed by atoms with Gasteiger partial charge in [0, 0.05) is 48.5 Å². The molecule has 2 N–H and O–H groups in total. The molecule has 40 heavy (non-hydrogen) atoms. The fourth-order valence-electron chi connectivity index (χ4n) is 5.52. The minimum atomic E-state index is -2.29. The number of piperazine rings is 1. The fraction of sp³-hybridized carbons (Fsp3) is 0.367. The summed E-state index contributed by atoms with van der Waals surface area (Å²) in [5.74, 6) is 0.605. The number of piperidine rings is 1. The van der Waals surface area contributed by atoms with Crippen molar-refractivity contribution in [2.24, 2.45) is 0 Å². The summed E-state index contributed by atoms with van der Waals surface area (Å²) < 4.78 is 31.5. The van der Waals surface area contributed by atoms with E-state index in [1.807, 2.05) is 29.2 Å². The molecule has 4 heterocycles. The minimum Gasteiger partial charge on any atom is -0.489 e. The van der Waals surface area contributed by atoms with Gasteiger partial charge in [-0.05, 0) is 67.9 Å². The van der Waals surface area contributed by atoms with Crippen LogP contribution < -0.4 is 15.0 Å². The molecule has 2 aliphatic rings. The van der Waals surface area contributed by atoms with Crippen LogP contribution in [0.3, 0.4) is 0 Å². The summed E-state index contributed by atoms with van der Waals surface area (Å²) in [4.78, 5) is 16.4. The highest BCUT2D eigenvalue weighted by molar-refractivity contribution is 5.94. The third-order valence-corrected chi connectivity index (χ3v) is 7.69. The number of anilines is 1. The SMILES string of the molecule is N#Cc1cc(-c2ncnc3[nH]c(-c4ccc(N5CCN(CC(F)F)CC5)cc4)cc23)ccc1OC1CCNCC1. The maximum atomic E-state index is 12.7. The number of nitrogens with one attached hydrogen (secondary N) is 2. The van der Waals surface area contributed by atoms with Gasteiger partial charge in [0.25, 0.3) is 6.43 Å². The first-order valence-corrected chi connectivity index (χ1v) is 13.7. The van der Waals surface area contributed by atoms with E-state index in [9.17, 15) is 14.0 Å². The highest BCUT2D eigenvalue weighted by atomic mass is 19.3. The molecule has 0 unspecified atom stereocenters. The van der Waals surface area contributed by atoms with Crippen molar-refractivity contribution in [2.45, 2.75) is 25.4 Å². The van der Waals surface area contributed by atoms with Gasteiger partial charge in [-0.1, -0.05) is 12.1 Å². The van der Waals surface area contributed by atoms with Crippen LogP contribution in [0, 0.1) is 11.3 Å². The third kappa shape index (κ3) is 5.62. The summed E-state index contributed by atoms with van der Waals surface area (Å²) in [6, 6.07) is 18.2. The number of ether oxygens (including phenoxy) is 1. The zero-order valence-electron chi connectivity index (χ0n) is 22.1. The number of hydrogen-bond acceptors (Lipinski definition) is 7. The van der Waals surface area contributed by atoms with Crippen LogP contribution in [0.15, 0.2) is 54.9 Å². The van der Waals surface area contributed by atoms with E-state index < -0.39 is 6.43 Å². The van der Waals surface area contributed by atoms with Crippen LogP contribution in [-0.4, -0.2) is 78.2 Å². The van der Waals surface area contributed by atoms with Gasteiger partial charge in [-0.3, -0.25) is 4.90 Å². The Morgan fingerprint density at radius 3 is 2.45 bits per heavy atom. The molecule has 2 fully saturated rings. The predicted octanol–water partition coefficient (Wildman–Crippen LogP) is 4.68. The quantitative estimate of drug-likeness (QED) is 0.350. The molecule has 8 nitrogen and oxygen atoms in total. The van der Waals surface area contributed by atoms with Gasteiger partial charge in [0.05, 0.1) is 17.8 Å². The number of aromatic nitrogens is 3. The summed E-state index contributed by atoms with van der Waals surface area (Å²) in [7, 11) is 0. The molecule has 0 radical (unpaired) electrons. The molecule has 10 heteroatoms. The molecular weight excluding hydrogens is 512 g/mol. The van der Waals surface area contributed by atoms with Crippen molar-refractivity contribution in [1.82, 2.24) is 25.2 Å². The molecule has 2 aromatic heterocycles. The topological polar surface area (TPSA) is 93.1 Å². The summed E-state index contributed by atoms with van der Waals surface area (Å²) in [5, 5.41) is 14.0. The van der Waals surface area contributed by atoms with Crippen LogP contribution in [0.4, 0.5) is 14.5 Å². The van der Waals surface area contributed by atoms with Crippen LogP contribution >= 0.6 is 0 Å². The molecule has 0 atom stereocenters. The Balaban J connectivity index is 1.21. The Morgan fingerprint density at radius 2 is 1.73 bits per heavy atom. The van der Waals surface area contributed by atoms with Gasteiger partial charge >= 0.3 is 0 Å². The molecule has 2 aromatic carbocycles. The number of aromatic amines is 1. The van der Waals surface area contributed by atoms with E-state index in [-0.39, 0.29) is 12.6 Å². The van der Waals surface area contributed by atoms with Crippen LogP contribution in [0.1, 0.15) is 18.4 Å². The number of hydrogen-bond donors (Lipinski definition) is 2. The van der Waals surface area contributed by atoms with E-state index >= 15 is 0 Å². The average molecular weight is 544 g/mol. The minimum absolute atomic E-state index is 0.110. The summed E-state index contributed by atoms with van der Waals surface area (Å²) >= 11 is 0. The maximum absolute atomic E-state index is 12.7. The smallest absolute Gasteiger partial charge is 0.251 e. The van der Waals surface area contributed by atoms with Gasteiger partial charge in [0.1, 0.15) is 29.9 Å². The highest BCUT2D eigenvalue weighted by Gasteiger charge is 2.21. The zero-order valence-corrected chi connectivity index (χ0v) is 22.1. The number of rotatable bonds is 7. The predicted molar refractivity (Wildman–Crippen MR) is 151 cm³/mol. The third-order valence-electron chi connectivity index (χ3n) is 7.69. The number of fused-ring (bicyclic) bond motifs is 1. The maximum Gasteiger partial charge on any atom is 0.251 e. The van der Waals surface area contributed by atoms with E-state index in [4.69, 9.17) is 4.74 Å². The van der Waals surface area contributed by atoms with Crippen LogP contribution in [0.25, 0.3) is 33.5 Å². The summed E-state index contributed by atoms with van der Waals surface area (Å²) in [5.41, 5.74) is 5.78. The molecule has 0 amide bonds. The Labute approximate surface area is 231 Å². The molecular formula is C30H31F2N7O. The highest BCUT2D eigenvalue weighted by Crippen LogP contribution is 2.33. The van der Waals surface area contributed by atoms with Crippen LogP contribution in [0.5, 0.6) is 5.75 Å². The number of nitrogens with zero attached hydrogens (tertiary/aromatic N) is 5. The molecule has 2 aliphatic heterocycles. The van der Waals surface area contributed by atoms with Gasteiger partial charge in [0.2, 0.25) is 0 Å². The van der Waals surface area contributed by atoms with Crippen LogP contribution in [0.2, 0.25) is 0 Å². The first kappa shape index (κ1) is 26.2. The first-order valence-electron chi connectivity index (χ1n) is 13.7. The van der Waals surface area contributed by atoms with Gasteiger partial charge < -0.3 is 19.9 Å². The van der Waals surface area contributed by atoms with Crippen molar-refractivity contribution in [2.75, 3.05) is 50.7 Å². The monoisotopic (exact) mass is 543 g/mol. The van der Waals surface area contributed by atoms with Crippen molar-refractivity contribution < 1.29 is 13.5 Å². The largest absolute Gasteiger partial charge is 0.489 e. The standard InChI is InChI=1S/C30H31F2N7O/c31-28(32)18-38-11-13-39(14-12-38)23-4-1-20(2-5-23)26-16-25-29(35-19-36-30(25)37-26)21-3-6-27(22(15-21)17-33)40-24-7-9-34-10-8-24/h1-6,15-16,19,24,28,34H,7-14,18H2,(H,35,36,37). The van der Waals surface area contributed by atoms with Gasteiger partial charge in [0.15, 0.2) is 0 Å². The lowest BCUT2D eigenvalue weighted by atomic mass is 10.0. The molecule has 0 aliphatic carbocycles. The lowest BCUT2D eigenvalue weighted by molar-refractivity contribution is 0.0854. The molecule has 0 spiro atoms. The van der Waals surface area contributed by atoms with E-state index in [0.29, 0.717) is 30.0 Å². The number of benzene rings is 2. The Kier molecular flexibility index (Phi) is 7.58. The Hall–Kier alpha value is -4.07. The van der Waals surface area contributed by atoms with E-state index in [1.165, 1.54) is 6.33 Å². The van der Waals surface area contributed by atoms with Crippen molar-refractivity contribution >= 4 is 16.7 Å². The first-order chi connectivity index (χ1) is 19.6. The van der Waals surface area contributed by atoms with Crippen molar-refractivity contribution in [3.8, 4) is 34.3 Å². The zero-order chi connectivity index (χ0) is 27.5. The second-order valence-electron chi connectivity index (χ2n) is 10.3. The van der Waals surface area contributed by atoms with Gasteiger partial charge in [-0.25, -0.2) is 18.7 Å². The Morgan fingerprint density at radius 1 is 0.975 bits per heavy atom. The normalized spacial score (nSPS) is 16.9. The summed E-state index contributed by atoms with van der Waals surface area (Å²) in [6.07, 6.45) is 1.19. The molecule has 2 saturated heterocycles. The van der Waals surface area contributed by atoms with E-state index in [1.54, 1.807) is 0 Å². The fourth-order valence-corrected chi connectivity index (χ4v) is 5.52. The molecule has 6 rings (SSSR count). The molecule has 206 valence electrons. The molecule has 4 aromatic rings. The van der Waals surface area contributed by atoms with Gasteiger partial charge in [-0.15, -0.1) is 0 Å². The average Bonchev–Trinajstić information content (AvgIpc) is 3.43. The van der Waals surface area contributed by atoms with E-state index in [2.05, 4.69) is 55.5 Å². The van der Waals surface area contributed by atoms with Crippen LogP contribution in [-0.2, 0) is 0 Å². The Bertz CT molecular complexity index is 1500. The molecule has 0 bridgehead atoms. The number of H-pyrrole nitrogens is 1. The number of nitriles is 1. The lowest BCUT2D eigenvalue weighted by Crippen LogP contribution is -2.47. The number of halogens is 2. The van der Waals surface area contributed by atoms with Gasteiger partial charge in [-0.2, -0.15) is 5.26 Å². The summed E-state index contributed by atoms with van der Waals surface area (Å²) in [6.45, 7) is 4.40. The van der Waals surface area contributed by atoms with Crippen molar-refractivity contribution in [1.29, 1.82) is 5.26 Å². The van der Waals surface area contributed by atoms with Crippen molar-refractivity contribution in [3.05, 3.63) is 60.4 Å². The molecule has 0 saturated carbocycles. The van der Waals surface area contributed by atoms with E-state index in [0.717, 1.165) is 72.6 Å². The number of alkyl halides is 2.